The molecular formula is C12H13F2NO3. The summed E-state index contributed by atoms with van der Waals surface area (Å²) in [7, 11) is 0. The first-order chi connectivity index (χ1) is 8.54. The molecule has 6 heteroatoms. The van der Waals surface area contributed by atoms with Crippen molar-refractivity contribution in [2.45, 2.75) is 25.7 Å². The fourth-order valence-corrected chi connectivity index (χ4v) is 1.94. The van der Waals surface area contributed by atoms with Gasteiger partial charge in [-0.15, -0.1) is 0 Å². The maximum atomic E-state index is 12.1. The average molecular weight is 257 g/mol. The van der Waals surface area contributed by atoms with Gasteiger partial charge in [-0.3, -0.25) is 4.79 Å². The fourth-order valence-electron chi connectivity index (χ4n) is 1.94. The van der Waals surface area contributed by atoms with E-state index >= 15 is 0 Å². The zero-order valence-electron chi connectivity index (χ0n) is 9.55. The van der Waals surface area contributed by atoms with Crippen molar-refractivity contribution in [2.24, 2.45) is 0 Å². The maximum Gasteiger partial charge on any atom is 0.387 e. The zero-order valence-corrected chi connectivity index (χ0v) is 9.55. The van der Waals surface area contributed by atoms with Crippen molar-refractivity contribution >= 4 is 5.91 Å². The van der Waals surface area contributed by atoms with Crippen molar-refractivity contribution in [1.29, 1.82) is 0 Å². The summed E-state index contributed by atoms with van der Waals surface area (Å²) >= 11 is 0. The summed E-state index contributed by atoms with van der Waals surface area (Å²) in [6, 6.07) is 6.20. The lowest BCUT2D eigenvalue weighted by Gasteiger charge is -2.16. The number of nitrogens with zero attached hydrogens (tertiary/aromatic N) is 1. The van der Waals surface area contributed by atoms with Crippen molar-refractivity contribution in [1.82, 2.24) is 4.90 Å². The number of amides is 1. The van der Waals surface area contributed by atoms with E-state index in [0.717, 1.165) is 0 Å². The van der Waals surface area contributed by atoms with Crippen LogP contribution in [0.1, 0.15) is 12.0 Å². The molecule has 0 bridgehead atoms. The lowest BCUT2D eigenvalue weighted by Crippen LogP contribution is -2.25. The lowest BCUT2D eigenvalue weighted by molar-refractivity contribution is -0.128. The lowest BCUT2D eigenvalue weighted by atomic mass is 10.2. The Kier molecular flexibility index (Phi) is 3.76. The number of benzene rings is 1. The third kappa shape index (κ3) is 3.16. The van der Waals surface area contributed by atoms with Gasteiger partial charge >= 0.3 is 6.61 Å². The summed E-state index contributed by atoms with van der Waals surface area (Å²) in [5.41, 5.74) is 0.690. The molecule has 1 heterocycles. The summed E-state index contributed by atoms with van der Waals surface area (Å²) in [6.07, 6.45) is -0.522. The number of alkyl halides is 2. The Morgan fingerprint density at radius 2 is 2.28 bits per heavy atom. The van der Waals surface area contributed by atoms with Crippen LogP contribution in [-0.4, -0.2) is 35.2 Å². The van der Waals surface area contributed by atoms with Gasteiger partial charge in [0.2, 0.25) is 5.91 Å². The third-order valence-electron chi connectivity index (χ3n) is 2.69. The second kappa shape index (κ2) is 5.30. The van der Waals surface area contributed by atoms with Crippen LogP contribution in [0.2, 0.25) is 0 Å². The van der Waals surface area contributed by atoms with E-state index in [1.807, 2.05) is 0 Å². The predicted molar refractivity (Wildman–Crippen MR) is 59.1 cm³/mol. The number of likely N-dealkylation sites (tertiary alicyclic amines) is 1. The Labute approximate surface area is 103 Å². The molecule has 1 aromatic rings. The summed E-state index contributed by atoms with van der Waals surface area (Å²) in [6.45, 7) is -2.30. The van der Waals surface area contributed by atoms with Gasteiger partial charge in [-0.05, 0) is 17.7 Å². The quantitative estimate of drug-likeness (QED) is 0.886. The van der Waals surface area contributed by atoms with Crippen molar-refractivity contribution in [2.75, 3.05) is 6.54 Å². The molecule has 0 aliphatic carbocycles. The minimum atomic E-state index is -2.87. The Bertz CT molecular complexity index is 439. The van der Waals surface area contributed by atoms with Gasteiger partial charge in [-0.25, -0.2) is 0 Å². The number of β-amino-alcohol motifs (C(OH)–C–C–N with tert-alkyl or cyclic N) is 1. The van der Waals surface area contributed by atoms with Gasteiger partial charge in [0.25, 0.3) is 0 Å². The number of hydrogen-bond acceptors (Lipinski definition) is 3. The molecule has 1 aromatic carbocycles. The van der Waals surface area contributed by atoms with E-state index in [1.165, 1.54) is 17.0 Å². The van der Waals surface area contributed by atoms with Crippen LogP contribution in [0.15, 0.2) is 24.3 Å². The number of ether oxygens (including phenoxy) is 1. The zero-order chi connectivity index (χ0) is 13.1. The first kappa shape index (κ1) is 12.8. The molecule has 1 saturated heterocycles. The van der Waals surface area contributed by atoms with Crippen LogP contribution in [0.3, 0.4) is 0 Å². The van der Waals surface area contributed by atoms with E-state index < -0.39 is 12.7 Å². The monoisotopic (exact) mass is 257 g/mol. The largest absolute Gasteiger partial charge is 0.435 e. The first-order valence-corrected chi connectivity index (χ1v) is 5.54. The van der Waals surface area contributed by atoms with Crippen LogP contribution >= 0.6 is 0 Å². The van der Waals surface area contributed by atoms with Gasteiger partial charge < -0.3 is 14.7 Å². The number of aliphatic hydroxyl groups excluding tert-OH is 1. The maximum absolute atomic E-state index is 12.1. The number of hydrogen-bond donors (Lipinski definition) is 1. The highest BCUT2D eigenvalue weighted by atomic mass is 19.3. The molecule has 1 N–H and O–H groups in total. The molecule has 4 nitrogen and oxygen atoms in total. The van der Waals surface area contributed by atoms with Crippen molar-refractivity contribution < 1.29 is 23.4 Å². The Morgan fingerprint density at radius 1 is 1.50 bits per heavy atom. The van der Waals surface area contributed by atoms with Crippen LogP contribution in [0, 0.1) is 0 Å². The van der Waals surface area contributed by atoms with Gasteiger partial charge in [0.15, 0.2) is 0 Å². The van der Waals surface area contributed by atoms with E-state index in [0.29, 0.717) is 5.56 Å². The van der Waals surface area contributed by atoms with Crippen LogP contribution in [0.4, 0.5) is 8.78 Å². The minimum Gasteiger partial charge on any atom is -0.435 e. The molecule has 0 saturated carbocycles. The molecule has 1 amide bonds. The molecule has 18 heavy (non-hydrogen) atoms. The molecule has 1 aliphatic rings. The highest BCUT2D eigenvalue weighted by molar-refractivity contribution is 5.79. The SMILES string of the molecule is O=C1CC(O)CN1Cc1cccc(OC(F)F)c1. The molecule has 1 aliphatic heterocycles. The van der Waals surface area contributed by atoms with Crippen LogP contribution in [-0.2, 0) is 11.3 Å². The van der Waals surface area contributed by atoms with E-state index in [4.69, 9.17) is 0 Å². The molecular weight excluding hydrogens is 244 g/mol. The van der Waals surface area contributed by atoms with Crippen LogP contribution in [0.25, 0.3) is 0 Å². The van der Waals surface area contributed by atoms with Gasteiger partial charge in [-0.2, -0.15) is 8.78 Å². The molecule has 2 rings (SSSR count). The van der Waals surface area contributed by atoms with Gasteiger partial charge in [-0.1, -0.05) is 12.1 Å². The summed E-state index contributed by atoms with van der Waals surface area (Å²) < 4.78 is 28.4. The van der Waals surface area contributed by atoms with E-state index in [9.17, 15) is 18.7 Å². The molecule has 0 aromatic heterocycles. The summed E-state index contributed by atoms with van der Waals surface area (Å²) in [4.78, 5) is 13.0. The van der Waals surface area contributed by atoms with E-state index in [1.54, 1.807) is 12.1 Å². The number of carbonyl (C=O) groups excluding carboxylic acids is 1. The Morgan fingerprint density at radius 3 is 2.89 bits per heavy atom. The van der Waals surface area contributed by atoms with Gasteiger partial charge in [0.05, 0.1) is 12.5 Å². The number of halogens is 2. The normalized spacial score (nSPS) is 19.7. The average Bonchev–Trinajstić information content (AvgIpc) is 2.57. The number of rotatable bonds is 4. The molecule has 0 spiro atoms. The number of carbonyl (C=O) groups is 1. The Balaban J connectivity index is 2.03. The van der Waals surface area contributed by atoms with Crippen molar-refractivity contribution in [3.8, 4) is 5.75 Å². The molecule has 1 unspecified atom stereocenters. The summed E-state index contributed by atoms with van der Waals surface area (Å²) in [5, 5.41) is 9.34. The van der Waals surface area contributed by atoms with Gasteiger partial charge in [0, 0.05) is 13.1 Å². The Hall–Kier alpha value is -1.69. The fraction of sp³-hybridized carbons (Fsp3) is 0.417. The molecule has 0 radical (unpaired) electrons. The molecule has 1 atom stereocenters. The van der Waals surface area contributed by atoms with Crippen LogP contribution < -0.4 is 4.74 Å². The van der Waals surface area contributed by atoms with E-state index in [-0.39, 0.29) is 31.2 Å². The first-order valence-electron chi connectivity index (χ1n) is 5.54. The predicted octanol–water partition coefficient (Wildman–Crippen LogP) is 1.38. The highest BCUT2D eigenvalue weighted by Crippen LogP contribution is 2.19. The molecule has 1 fully saturated rings. The minimum absolute atomic E-state index is 0.0645. The van der Waals surface area contributed by atoms with Crippen molar-refractivity contribution in [3.63, 3.8) is 0 Å². The van der Waals surface area contributed by atoms with Crippen LogP contribution in [0.5, 0.6) is 5.75 Å². The second-order valence-electron chi connectivity index (χ2n) is 4.16. The van der Waals surface area contributed by atoms with E-state index in [2.05, 4.69) is 4.74 Å². The molecule has 98 valence electrons. The topological polar surface area (TPSA) is 49.8 Å². The summed E-state index contributed by atoms with van der Waals surface area (Å²) in [5.74, 6) is -0.0719. The number of aliphatic hydroxyl groups is 1. The smallest absolute Gasteiger partial charge is 0.387 e. The standard InChI is InChI=1S/C12H13F2NO3/c13-12(14)18-10-3-1-2-8(4-10)6-15-7-9(16)5-11(15)17/h1-4,9,12,16H,5-7H2. The second-order valence-corrected chi connectivity index (χ2v) is 4.16. The third-order valence-corrected chi connectivity index (χ3v) is 2.69. The van der Waals surface area contributed by atoms with Gasteiger partial charge in [0.1, 0.15) is 5.75 Å². The van der Waals surface area contributed by atoms with Crippen molar-refractivity contribution in [3.05, 3.63) is 29.8 Å². The highest BCUT2D eigenvalue weighted by Gasteiger charge is 2.27.